The number of nitro groups is 1. The molecule has 2 aromatic carbocycles. The largest absolute Gasteiger partial charge is 0.450 e. The summed E-state index contributed by atoms with van der Waals surface area (Å²) in [5.41, 5.74) is 2.37. The maximum absolute atomic E-state index is 13.5. The zero-order chi connectivity index (χ0) is 21.9. The van der Waals surface area contributed by atoms with E-state index in [2.05, 4.69) is 4.98 Å². The van der Waals surface area contributed by atoms with Crippen LogP contribution in [0.25, 0.3) is 11.0 Å². The van der Waals surface area contributed by atoms with Crippen LogP contribution in [0.5, 0.6) is 0 Å². The molecule has 31 heavy (non-hydrogen) atoms. The van der Waals surface area contributed by atoms with Crippen molar-refractivity contribution in [1.29, 1.82) is 0 Å². The number of amides is 1. The van der Waals surface area contributed by atoms with E-state index in [0.717, 1.165) is 11.3 Å². The Morgan fingerprint density at radius 1 is 1.13 bits per heavy atom. The Morgan fingerprint density at radius 2 is 1.87 bits per heavy atom. The van der Waals surface area contributed by atoms with Gasteiger partial charge >= 0.3 is 0 Å². The van der Waals surface area contributed by atoms with Crippen molar-refractivity contribution in [2.75, 3.05) is 4.90 Å². The molecule has 3 heterocycles. The molecule has 8 nitrogen and oxygen atoms in total. The van der Waals surface area contributed by atoms with Crippen LogP contribution < -0.4 is 10.3 Å². The molecule has 1 atom stereocenters. The molecular formula is C22H15N3O5S. The molecule has 1 aliphatic rings. The van der Waals surface area contributed by atoms with Crippen molar-refractivity contribution in [2.45, 2.75) is 19.9 Å². The number of non-ortho nitro benzene ring substituents is 1. The summed E-state index contributed by atoms with van der Waals surface area (Å²) in [6.45, 7) is 3.69. The fourth-order valence-corrected chi connectivity index (χ4v) is 4.66. The monoisotopic (exact) mass is 433 g/mol. The first kappa shape index (κ1) is 19.1. The molecule has 0 saturated carbocycles. The fourth-order valence-electron chi connectivity index (χ4n) is 3.83. The van der Waals surface area contributed by atoms with Crippen LogP contribution in [0.2, 0.25) is 0 Å². The lowest BCUT2D eigenvalue weighted by Gasteiger charge is -2.22. The number of hydrogen-bond acceptors (Lipinski definition) is 7. The number of aromatic nitrogens is 1. The first-order chi connectivity index (χ1) is 14.8. The van der Waals surface area contributed by atoms with Crippen molar-refractivity contribution < 1.29 is 14.1 Å². The van der Waals surface area contributed by atoms with Gasteiger partial charge < -0.3 is 4.42 Å². The summed E-state index contributed by atoms with van der Waals surface area (Å²) in [6, 6.07) is 10.2. The smallest absolute Gasteiger partial charge is 0.297 e. The molecule has 1 unspecified atom stereocenters. The van der Waals surface area contributed by atoms with Crippen LogP contribution in [0, 0.1) is 24.0 Å². The number of carbonyl (C=O) groups is 1. The number of nitrogens with zero attached hydrogens (tertiary/aromatic N) is 3. The summed E-state index contributed by atoms with van der Waals surface area (Å²) < 4.78 is 5.90. The zero-order valence-electron chi connectivity index (χ0n) is 16.5. The molecule has 0 saturated heterocycles. The van der Waals surface area contributed by atoms with Gasteiger partial charge in [0, 0.05) is 17.5 Å². The second-order valence-electron chi connectivity index (χ2n) is 7.37. The average Bonchev–Trinajstić information content (AvgIpc) is 3.30. The highest BCUT2D eigenvalue weighted by atomic mass is 32.1. The van der Waals surface area contributed by atoms with Gasteiger partial charge in [0.2, 0.25) is 5.76 Å². The number of anilines is 1. The van der Waals surface area contributed by atoms with Gasteiger partial charge in [0.25, 0.3) is 11.6 Å². The molecular weight excluding hydrogens is 418 g/mol. The van der Waals surface area contributed by atoms with E-state index in [0.29, 0.717) is 21.7 Å². The summed E-state index contributed by atoms with van der Waals surface area (Å²) in [7, 11) is 0. The molecule has 0 fully saturated rings. The summed E-state index contributed by atoms with van der Waals surface area (Å²) in [6.07, 6.45) is 0. The lowest BCUT2D eigenvalue weighted by molar-refractivity contribution is -0.384. The van der Waals surface area contributed by atoms with Crippen LogP contribution in [-0.2, 0) is 0 Å². The van der Waals surface area contributed by atoms with E-state index in [1.165, 1.54) is 28.4 Å². The van der Waals surface area contributed by atoms with Crippen LogP contribution in [0.1, 0.15) is 39.0 Å². The van der Waals surface area contributed by atoms with Crippen molar-refractivity contribution in [3.8, 4) is 0 Å². The first-order valence-electron chi connectivity index (χ1n) is 9.42. The summed E-state index contributed by atoms with van der Waals surface area (Å²) in [4.78, 5) is 43.3. The van der Waals surface area contributed by atoms with Gasteiger partial charge in [-0.25, -0.2) is 4.98 Å². The number of aryl methyl sites for hydroxylation is 2. The summed E-state index contributed by atoms with van der Waals surface area (Å²) >= 11 is 1.28. The van der Waals surface area contributed by atoms with Gasteiger partial charge in [0.1, 0.15) is 5.58 Å². The van der Waals surface area contributed by atoms with Crippen LogP contribution in [0.15, 0.2) is 57.1 Å². The average molecular weight is 433 g/mol. The van der Waals surface area contributed by atoms with Crippen LogP contribution in [0.4, 0.5) is 10.8 Å². The Bertz CT molecular complexity index is 1440. The van der Waals surface area contributed by atoms with Crippen LogP contribution in [-0.4, -0.2) is 15.8 Å². The number of thiazole rings is 1. The quantitative estimate of drug-likeness (QED) is 0.347. The third-order valence-corrected chi connectivity index (χ3v) is 6.22. The number of nitro benzene ring substituents is 1. The molecule has 4 aromatic rings. The van der Waals surface area contributed by atoms with Crippen molar-refractivity contribution in [3.63, 3.8) is 0 Å². The van der Waals surface area contributed by atoms with Crippen molar-refractivity contribution >= 4 is 39.0 Å². The Kier molecular flexibility index (Phi) is 4.23. The molecule has 1 amide bonds. The number of hydrogen-bond donors (Lipinski definition) is 0. The lowest BCUT2D eigenvalue weighted by atomic mass is 9.98. The fraction of sp³-hybridized carbons (Fsp3) is 0.136. The summed E-state index contributed by atoms with van der Waals surface area (Å²) in [5, 5.41) is 13.7. The van der Waals surface area contributed by atoms with E-state index in [1.54, 1.807) is 24.3 Å². The molecule has 0 aliphatic carbocycles. The minimum Gasteiger partial charge on any atom is -0.450 e. The van der Waals surface area contributed by atoms with Crippen molar-refractivity contribution in [1.82, 2.24) is 4.98 Å². The van der Waals surface area contributed by atoms with Crippen LogP contribution in [0.3, 0.4) is 0 Å². The Morgan fingerprint density at radius 3 is 2.52 bits per heavy atom. The molecule has 0 spiro atoms. The van der Waals surface area contributed by atoms with Gasteiger partial charge in [0.05, 0.1) is 27.6 Å². The Labute approximate surface area is 179 Å². The van der Waals surface area contributed by atoms with E-state index in [4.69, 9.17) is 4.42 Å². The minimum absolute atomic E-state index is 0.0300. The molecule has 0 bridgehead atoms. The maximum atomic E-state index is 13.5. The van der Waals surface area contributed by atoms with Gasteiger partial charge in [-0.15, -0.1) is 11.3 Å². The van der Waals surface area contributed by atoms with E-state index in [1.807, 2.05) is 25.3 Å². The highest BCUT2D eigenvalue weighted by Crippen LogP contribution is 2.42. The van der Waals surface area contributed by atoms with Gasteiger partial charge in [-0.1, -0.05) is 11.6 Å². The number of rotatable bonds is 3. The predicted octanol–water partition coefficient (Wildman–Crippen LogP) is 4.52. The van der Waals surface area contributed by atoms with Gasteiger partial charge in [0.15, 0.2) is 10.6 Å². The zero-order valence-corrected chi connectivity index (χ0v) is 17.3. The van der Waals surface area contributed by atoms with Gasteiger partial charge in [-0.3, -0.25) is 24.6 Å². The first-order valence-corrected chi connectivity index (χ1v) is 10.3. The van der Waals surface area contributed by atoms with Crippen molar-refractivity contribution in [2.24, 2.45) is 0 Å². The predicted molar refractivity (Wildman–Crippen MR) is 116 cm³/mol. The van der Waals surface area contributed by atoms with Crippen molar-refractivity contribution in [3.05, 3.63) is 96.3 Å². The lowest BCUT2D eigenvalue weighted by Crippen LogP contribution is -2.29. The second kappa shape index (κ2) is 6.85. The highest BCUT2D eigenvalue weighted by Gasteiger charge is 2.44. The molecule has 1 aliphatic heterocycles. The topological polar surface area (TPSA) is 107 Å². The standard InChI is InChI=1S/C22H15N3O5S/c1-11-3-8-16-15(9-11)19(26)17-18(13-4-6-14(7-5-13)25(28)29)24(21(27)20(17)30-16)22-23-12(2)10-31-22/h3-10,18H,1-2H3. The van der Waals surface area contributed by atoms with Crippen LogP contribution >= 0.6 is 11.3 Å². The van der Waals surface area contributed by atoms with E-state index in [9.17, 15) is 19.7 Å². The molecule has 0 radical (unpaired) electrons. The maximum Gasteiger partial charge on any atom is 0.297 e. The summed E-state index contributed by atoms with van der Waals surface area (Å²) in [5.74, 6) is -0.496. The normalized spacial score (nSPS) is 15.5. The van der Waals surface area contributed by atoms with Gasteiger partial charge in [-0.2, -0.15) is 0 Å². The van der Waals surface area contributed by atoms with Gasteiger partial charge in [-0.05, 0) is 43.7 Å². The highest BCUT2D eigenvalue weighted by molar-refractivity contribution is 7.14. The van der Waals surface area contributed by atoms with E-state index < -0.39 is 16.9 Å². The molecule has 154 valence electrons. The van der Waals surface area contributed by atoms with E-state index in [-0.39, 0.29) is 22.4 Å². The van der Waals surface area contributed by atoms with E-state index >= 15 is 0 Å². The molecule has 5 rings (SSSR count). The number of fused-ring (bicyclic) bond motifs is 2. The molecule has 9 heteroatoms. The minimum atomic E-state index is -0.796. The molecule has 2 aromatic heterocycles. The SMILES string of the molecule is Cc1ccc2oc3c(c(=O)c2c1)C(c1ccc([N+](=O)[O-])cc1)N(c1nc(C)cs1)C3=O. The number of benzene rings is 2. The number of carbonyl (C=O) groups excluding carboxylic acids is 1. The third-order valence-electron chi connectivity index (χ3n) is 5.26. The Hall–Kier alpha value is -3.85. The Balaban J connectivity index is 1.79. The second-order valence-corrected chi connectivity index (χ2v) is 8.21. The third kappa shape index (κ3) is 2.93. The molecule has 0 N–H and O–H groups in total.